The lowest BCUT2D eigenvalue weighted by atomic mass is 9.99. The van der Waals surface area contributed by atoms with Crippen LogP contribution in [0.1, 0.15) is 31.9 Å². The molecule has 5 aromatic rings. The van der Waals surface area contributed by atoms with Crippen molar-refractivity contribution >= 4 is 51.1 Å². The fourth-order valence-corrected chi connectivity index (χ4v) is 5.40. The smallest absolute Gasteiger partial charge is 0.424 e. The molecule has 0 saturated heterocycles. The Morgan fingerprint density at radius 2 is 1.27 bits per heavy atom. The molecule has 0 fully saturated rings. The second-order valence-corrected chi connectivity index (χ2v) is 12.3. The Labute approximate surface area is 281 Å². The number of hydrogen-bond acceptors (Lipinski definition) is 7. The van der Waals surface area contributed by atoms with Crippen molar-refractivity contribution in [1.29, 1.82) is 0 Å². The van der Waals surface area contributed by atoms with Gasteiger partial charge in [0.2, 0.25) is 0 Å². The highest BCUT2D eigenvalue weighted by Gasteiger charge is 2.32. The van der Waals surface area contributed by atoms with Gasteiger partial charge in [0.15, 0.2) is 0 Å². The summed E-state index contributed by atoms with van der Waals surface area (Å²) < 4.78 is 16.2. The predicted octanol–water partition coefficient (Wildman–Crippen LogP) is 8.85. The average Bonchev–Trinajstić information content (AvgIpc) is 3.08. The van der Waals surface area contributed by atoms with E-state index in [0.29, 0.717) is 24.2 Å². The van der Waals surface area contributed by atoms with Crippen LogP contribution in [-0.4, -0.2) is 44.0 Å². The maximum atomic E-state index is 13.8. The lowest BCUT2D eigenvalue weighted by Crippen LogP contribution is -2.41. The minimum atomic E-state index is -0.863. The van der Waals surface area contributed by atoms with E-state index in [9.17, 15) is 14.4 Å². The topological polar surface area (TPSA) is 85.4 Å². The molecule has 8 nitrogen and oxygen atoms in total. The van der Waals surface area contributed by atoms with Crippen molar-refractivity contribution in [2.24, 2.45) is 0 Å². The number of esters is 1. The number of methoxy groups -OCH3 is 1. The first-order valence-electron chi connectivity index (χ1n) is 15.9. The van der Waals surface area contributed by atoms with Crippen molar-refractivity contribution < 1.29 is 28.6 Å². The van der Waals surface area contributed by atoms with Gasteiger partial charge in [0.25, 0.3) is 0 Å². The van der Waals surface area contributed by atoms with Crippen molar-refractivity contribution in [3.05, 3.63) is 132 Å². The Hall–Kier alpha value is -5.63. The molecule has 0 N–H and O–H groups in total. The zero-order valence-corrected chi connectivity index (χ0v) is 27.7. The van der Waals surface area contributed by atoms with Crippen LogP contribution < -0.4 is 9.80 Å². The molecule has 0 atom stereocenters. The van der Waals surface area contributed by atoms with E-state index < -0.39 is 23.8 Å². The fourth-order valence-electron chi connectivity index (χ4n) is 5.40. The number of nitrogens with zero attached hydrogens (tertiary/aromatic N) is 2. The van der Waals surface area contributed by atoms with Crippen LogP contribution in [0.25, 0.3) is 21.5 Å². The molecule has 5 aromatic carbocycles. The van der Waals surface area contributed by atoms with Gasteiger partial charge < -0.3 is 19.1 Å². The zero-order chi connectivity index (χ0) is 34.1. The Morgan fingerprint density at radius 3 is 1.88 bits per heavy atom. The van der Waals surface area contributed by atoms with Gasteiger partial charge in [-0.05, 0) is 73.4 Å². The van der Waals surface area contributed by atoms with Crippen LogP contribution in [0.4, 0.5) is 21.0 Å². The standard InChI is InChI=1S/C40H40N2O6/c1-40(2,3)48-39(45)42(38(44)47-28-30-16-9-6-10-17-30)36-22-21-35(33-26-31-18-11-12-19-32(31)27-34(33)36)41(24-13-20-37(43)46-4)25-23-29-14-7-5-8-15-29/h5-22,26-27H,23-25,28H2,1-4H3. The number of fused-ring (bicyclic) bond motifs is 2. The third-order valence-corrected chi connectivity index (χ3v) is 7.68. The summed E-state index contributed by atoms with van der Waals surface area (Å²) in [4.78, 5) is 42.6. The van der Waals surface area contributed by atoms with Gasteiger partial charge in [-0.2, -0.15) is 4.90 Å². The molecule has 0 saturated carbocycles. The van der Waals surface area contributed by atoms with E-state index in [2.05, 4.69) is 23.1 Å². The summed E-state index contributed by atoms with van der Waals surface area (Å²) in [5.74, 6) is -0.439. The van der Waals surface area contributed by atoms with Crippen LogP contribution in [0, 0.1) is 0 Å². The van der Waals surface area contributed by atoms with E-state index in [-0.39, 0.29) is 6.61 Å². The molecule has 5 rings (SSSR count). The van der Waals surface area contributed by atoms with E-state index in [4.69, 9.17) is 14.2 Å². The van der Waals surface area contributed by atoms with Gasteiger partial charge in [0.1, 0.15) is 12.2 Å². The molecule has 0 aromatic heterocycles. The molecule has 48 heavy (non-hydrogen) atoms. The van der Waals surface area contributed by atoms with Crippen LogP contribution >= 0.6 is 0 Å². The van der Waals surface area contributed by atoms with Gasteiger partial charge in [-0.25, -0.2) is 14.4 Å². The summed E-state index contributed by atoms with van der Waals surface area (Å²) in [5.41, 5.74) is 2.29. The zero-order valence-electron chi connectivity index (χ0n) is 27.7. The number of imide groups is 1. The second kappa shape index (κ2) is 15.3. The highest BCUT2D eigenvalue weighted by Crippen LogP contribution is 2.38. The predicted molar refractivity (Wildman–Crippen MR) is 190 cm³/mol. The van der Waals surface area contributed by atoms with E-state index in [1.165, 1.54) is 18.7 Å². The normalized spacial score (nSPS) is 11.4. The minimum absolute atomic E-state index is 0.0162. The molecule has 0 unspecified atom stereocenters. The lowest BCUT2D eigenvalue weighted by Gasteiger charge is -2.29. The van der Waals surface area contributed by atoms with Crippen molar-refractivity contribution in [2.45, 2.75) is 39.4 Å². The van der Waals surface area contributed by atoms with Crippen molar-refractivity contribution in [2.75, 3.05) is 30.0 Å². The molecular weight excluding hydrogens is 604 g/mol. The summed E-state index contributed by atoms with van der Waals surface area (Å²) in [6.45, 7) is 6.28. The average molecular weight is 645 g/mol. The monoisotopic (exact) mass is 644 g/mol. The van der Waals surface area contributed by atoms with Crippen LogP contribution in [0.15, 0.2) is 121 Å². The SMILES string of the molecule is COC(=O)C=CCN(CCc1ccccc1)c1ccc(N(C(=O)OCc2ccccc2)C(=O)OC(C)(C)C)c2cc3ccccc3cc12. The molecule has 0 heterocycles. The first-order chi connectivity index (χ1) is 23.1. The van der Waals surface area contributed by atoms with Gasteiger partial charge in [0.05, 0.1) is 12.8 Å². The van der Waals surface area contributed by atoms with Gasteiger partial charge >= 0.3 is 18.2 Å². The molecule has 246 valence electrons. The summed E-state index contributed by atoms with van der Waals surface area (Å²) in [6, 6.07) is 35.1. The van der Waals surface area contributed by atoms with Crippen molar-refractivity contribution in [3.8, 4) is 0 Å². The highest BCUT2D eigenvalue weighted by atomic mass is 16.6. The van der Waals surface area contributed by atoms with Crippen molar-refractivity contribution in [1.82, 2.24) is 0 Å². The number of carbonyl (C=O) groups excluding carboxylic acids is 3. The summed E-state index contributed by atoms with van der Waals surface area (Å²) in [7, 11) is 1.35. The van der Waals surface area contributed by atoms with Gasteiger partial charge in [0, 0.05) is 35.6 Å². The highest BCUT2D eigenvalue weighted by molar-refractivity contribution is 6.18. The van der Waals surface area contributed by atoms with Gasteiger partial charge in [-0.1, -0.05) is 91.0 Å². The number of hydrogen-bond donors (Lipinski definition) is 0. The molecule has 8 heteroatoms. The molecule has 0 bridgehead atoms. The van der Waals surface area contributed by atoms with Crippen LogP contribution in [0.3, 0.4) is 0 Å². The maximum Gasteiger partial charge on any atom is 0.424 e. The lowest BCUT2D eigenvalue weighted by molar-refractivity contribution is -0.134. The Morgan fingerprint density at radius 1 is 0.708 bits per heavy atom. The molecule has 0 aliphatic carbocycles. The third-order valence-electron chi connectivity index (χ3n) is 7.68. The Balaban J connectivity index is 1.63. The molecule has 0 aliphatic rings. The Bertz CT molecular complexity index is 1920. The molecular formula is C40H40N2O6. The minimum Gasteiger partial charge on any atom is -0.466 e. The Kier molecular flexibility index (Phi) is 10.8. The van der Waals surface area contributed by atoms with Crippen LogP contribution in [-0.2, 0) is 32.0 Å². The molecule has 0 aliphatic heterocycles. The summed E-state index contributed by atoms with van der Waals surface area (Å²) in [5, 5.41) is 3.41. The summed E-state index contributed by atoms with van der Waals surface area (Å²) >= 11 is 0. The molecule has 2 amide bonds. The second-order valence-electron chi connectivity index (χ2n) is 12.3. The third kappa shape index (κ3) is 8.59. The summed E-state index contributed by atoms with van der Waals surface area (Å²) in [6.07, 6.45) is 2.24. The number of ether oxygens (including phenoxy) is 3. The molecule has 0 spiro atoms. The maximum absolute atomic E-state index is 13.8. The van der Waals surface area contributed by atoms with Crippen LogP contribution in [0.2, 0.25) is 0 Å². The number of carbonyl (C=O) groups is 3. The van der Waals surface area contributed by atoms with E-state index in [1.807, 2.05) is 84.9 Å². The fraction of sp³-hybridized carbons (Fsp3) is 0.225. The first-order valence-corrected chi connectivity index (χ1v) is 15.9. The van der Waals surface area contributed by atoms with Crippen LogP contribution in [0.5, 0.6) is 0 Å². The molecule has 0 radical (unpaired) electrons. The number of amides is 2. The first kappa shape index (κ1) is 33.7. The van der Waals surface area contributed by atoms with Gasteiger partial charge in [-0.3, -0.25) is 0 Å². The van der Waals surface area contributed by atoms with E-state index in [1.54, 1.807) is 32.9 Å². The van der Waals surface area contributed by atoms with E-state index in [0.717, 1.165) is 38.7 Å². The number of benzene rings is 5. The van der Waals surface area contributed by atoms with Gasteiger partial charge in [-0.15, -0.1) is 0 Å². The number of rotatable bonds is 10. The number of anilines is 2. The van der Waals surface area contributed by atoms with Crippen molar-refractivity contribution in [3.63, 3.8) is 0 Å². The largest absolute Gasteiger partial charge is 0.466 e. The van der Waals surface area contributed by atoms with E-state index >= 15 is 0 Å². The quantitative estimate of drug-likeness (QED) is 0.0650.